The predicted octanol–water partition coefficient (Wildman–Crippen LogP) is 2.57. The fourth-order valence-electron chi connectivity index (χ4n) is 4.07. The molecule has 0 radical (unpaired) electrons. The first kappa shape index (κ1) is 15.2. The second-order valence-corrected chi connectivity index (χ2v) is 6.60. The maximum atomic E-state index is 13.3. The predicted molar refractivity (Wildman–Crippen MR) is 84.8 cm³/mol. The fraction of sp³-hybridized carbons (Fsp3) is 0.556. The summed E-state index contributed by atoms with van der Waals surface area (Å²) >= 11 is 0. The number of rotatable bonds is 3. The number of ketones is 1. The molecule has 0 aromatic heterocycles. The Balaban J connectivity index is 1.96. The maximum absolute atomic E-state index is 13.3. The molecule has 0 bridgehead atoms. The zero-order chi connectivity index (χ0) is 15.6. The van der Waals surface area contributed by atoms with Crippen LogP contribution in [0.4, 0.5) is 0 Å². The van der Waals surface area contributed by atoms with Gasteiger partial charge in [-0.3, -0.25) is 14.6 Å². The van der Waals surface area contributed by atoms with Crippen LogP contribution in [0.3, 0.4) is 0 Å². The van der Waals surface area contributed by atoms with Crippen molar-refractivity contribution >= 4 is 11.7 Å². The monoisotopic (exact) mass is 300 g/mol. The number of carbonyl (C=O) groups is 2. The molecule has 2 N–H and O–H groups in total. The average molecular weight is 300 g/mol. The molecule has 2 fully saturated rings. The van der Waals surface area contributed by atoms with Crippen molar-refractivity contribution in [3.05, 3.63) is 35.9 Å². The van der Waals surface area contributed by atoms with Gasteiger partial charge in [-0.15, -0.1) is 0 Å². The average Bonchev–Trinajstić information content (AvgIpc) is 2.58. The van der Waals surface area contributed by atoms with Crippen molar-refractivity contribution in [2.24, 2.45) is 11.8 Å². The second-order valence-electron chi connectivity index (χ2n) is 6.60. The Morgan fingerprint density at radius 1 is 1.09 bits per heavy atom. The number of hydrogen-bond donors (Lipinski definition) is 1. The van der Waals surface area contributed by atoms with E-state index in [4.69, 9.17) is 5.84 Å². The van der Waals surface area contributed by atoms with Crippen LogP contribution in [0.25, 0.3) is 0 Å². The molecule has 2 aliphatic rings. The number of piperidine rings is 1. The summed E-state index contributed by atoms with van der Waals surface area (Å²) in [5.41, 5.74) is 0.583. The molecule has 0 unspecified atom stereocenters. The van der Waals surface area contributed by atoms with E-state index in [1.807, 2.05) is 30.3 Å². The minimum atomic E-state index is -0.558. The zero-order valence-electron chi connectivity index (χ0n) is 13.0. The number of nitrogens with zero attached hydrogens (tertiary/aromatic N) is 1. The van der Waals surface area contributed by atoms with Crippen LogP contribution in [-0.4, -0.2) is 23.2 Å². The van der Waals surface area contributed by atoms with Crippen LogP contribution in [0.15, 0.2) is 30.3 Å². The van der Waals surface area contributed by atoms with Gasteiger partial charge in [0, 0.05) is 6.54 Å². The number of hydrazine groups is 1. The minimum Gasteiger partial charge on any atom is -0.298 e. The first-order valence-corrected chi connectivity index (χ1v) is 8.31. The molecule has 1 atom stereocenters. The summed E-state index contributed by atoms with van der Waals surface area (Å²) in [5.74, 6) is 5.09. The van der Waals surface area contributed by atoms with E-state index in [-0.39, 0.29) is 11.7 Å². The topological polar surface area (TPSA) is 63.4 Å². The van der Waals surface area contributed by atoms with Gasteiger partial charge in [-0.1, -0.05) is 49.6 Å². The van der Waals surface area contributed by atoms with Crippen molar-refractivity contribution in [2.45, 2.75) is 50.4 Å². The number of hydrogen-bond acceptors (Lipinski definition) is 3. The highest BCUT2D eigenvalue weighted by Crippen LogP contribution is 2.43. The molecule has 1 aromatic carbocycles. The zero-order valence-corrected chi connectivity index (χ0v) is 13.0. The summed E-state index contributed by atoms with van der Waals surface area (Å²) in [6, 6.07) is 10.0. The molecule has 1 amide bonds. The Hall–Kier alpha value is -1.68. The summed E-state index contributed by atoms with van der Waals surface area (Å²) in [6.07, 6.45) is 6.42. The number of Topliss-reactive ketones (excluding diaryl/α,β-unsaturated/α-hetero) is 1. The number of benzene rings is 1. The Morgan fingerprint density at radius 2 is 1.77 bits per heavy atom. The molecular formula is C18H24N2O2. The van der Waals surface area contributed by atoms with Gasteiger partial charge in [-0.25, -0.2) is 5.84 Å². The lowest BCUT2D eigenvalue weighted by atomic mass is 9.63. The molecule has 1 aliphatic carbocycles. The van der Waals surface area contributed by atoms with E-state index in [2.05, 4.69) is 0 Å². The Bertz CT molecular complexity index is 549. The van der Waals surface area contributed by atoms with Crippen LogP contribution >= 0.6 is 0 Å². The van der Waals surface area contributed by atoms with Crippen molar-refractivity contribution in [1.29, 1.82) is 0 Å². The van der Waals surface area contributed by atoms with Crippen LogP contribution < -0.4 is 5.84 Å². The van der Waals surface area contributed by atoms with Gasteiger partial charge in [0.05, 0.1) is 11.3 Å². The van der Waals surface area contributed by atoms with Gasteiger partial charge >= 0.3 is 0 Å². The molecule has 1 aromatic rings. The summed E-state index contributed by atoms with van der Waals surface area (Å²) in [5, 5.41) is 1.23. The van der Waals surface area contributed by atoms with Gasteiger partial charge in [0.15, 0.2) is 5.78 Å². The third-order valence-electron chi connectivity index (χ3n) is 5.29. The Kier molecular flexibility index (Phi) is 4.30. The first-order chi connectivity index (χ1) is 10.6. The molecule has 3 rings (SSSR count). The smallest absolute Gasteiger partial charge is 0.247 e. The van der Waals surface area contributed by atoms with Crippen molar-refractivity contribution in [3.63, 3.8) is 0 Å². The maximum Gasteiger partial charge on any atom is 0.247 e. The number of amides is 1. The lowest BCUT2D eigenvalue weighted by Gasteiger charge is -2.40. The van der Waals surface area contributed by atoms with Crippen LogP contribution in [0.5, 0.6) is 0 Å². The summed E-state index contributed by atoms with van der Waals surface area (Å²) in [4.78, 5) is 25.7. The van der Waals surface area contributed by atoms with Crippen molar-refractivity contribution in [2.75, 3.05) is 6.54 Å². The molecule has 4 nitrogen and oxygen atoms in total. The fourth-order valence-corrected chi connectivity index (χ4v) is 4.07. The van der Waals surface area contributed by atoms with Crippen molar-refractivity contribution in [3.8, 4) is 0 Å². The highest BCUT2D eigenvalue weighted by atomic mass is 16.2. The van der Waals surface area contributed by atoms with Gasteiger partial charge in [0.1, 0.15) is 0 Å². The van der Waals surface area contributed by atoms with Crippen LogP contribution in [0.2, 0.25) is 0 Å². The molecule has 1 heterocycles. The van der Waals surface area contributed by atoms with Gasteiger partial charge in [0.25, 0.3) is 0 Å². The normalized spacial score (nSPS) is 25.0. The molecule has 0 spiro atoms. The van der Waals surface area contributed by atoms with E-state index in [0.29, 0.717) is 13.0 Å². The standard InChI is InChI=1S/C18H24N2O2/c19-20-13-7-10-15(17(20)22)16(21)18(11-5-2-6-12-18)14-8-3-1-4-9-14/h1,3-4,8-9,15H,2,5-7,10-13,19H2/t15-/m0/s1. The first-order valence-electron chi connectivity index (χ1n) is 8.31. The molecule has 118 valence electrons. The van der Waals surface area contributed by atoms with E-state index < -0.39 is 11.3 Å². The van der Waals surface area contributed by atoms with Crippen LogP contribution in [0, 0.1) is 5.92 Å². The van der Waals surface area contributed by atoms with E-state index in [9.17, 15) is 9.59 Å². The third-order valence-corrected chi connectivity index (χ3v) is 5.29. The van der Waals surface area contributed by atoms with Gasteiger partial charge in [-0.2, -0.15) is 0 Å². The highest BCUT2D eigenvalue weighted by molar-refractivity contribution is 6.06. The molecule has 22 heavy (non-hydrogen) atoms. The van der Waals surface area contributed by atoms with Gasteiger partial charge in [0.2, 0.25) is 5.91 Å². The largest absolute Gasteiger partial charge is 0.298 e. The Morgan fingerprint density at radius 3 is 2.45 bits per heavy atom. The molecule has 1 aliphatic heterocycles. The number of carbonyl (C=O) groups excluding carboxylic acids is 2. The minimum absolute atomic E-state index is 0.0959. The summed E-state index contributed by atoms with van der Waals surface area (Å²) < 4.78 is 0. The lowest BCUT2D eigenvalue weighted by molar-refractivity contribution is -0.147. The van der Waals surface area contributed by atoms with Crippen LogP contribution in [-0.2, 0) is 15.0 Å². The van der Waals surface area contributed by atoms with E-state index in [1.165, 1.54) is 11.4 Å². The van der Waals surface area contributed by atoms with Gasteiger partial charge in [-0.05, 0) is 31.2 Å². The van der Waals surface area contributed by atoms with Crippen molar-refractivity contribution < 1.29 is 9.59 Å². The summed E-state index contributed by atoms with van der Waals surface area (Å²) in [7, 11) is 0. The van der Waals surface area contributed by atoms with Crippen molar-refractivity contribution in [1.82, 2.24) is 5.01 Å². The molecule has 4 heteroatoms. The SMILES string of the molecule is NN1CCC[C@@H](C(=O)C2(c3ccccc3)CCCCC2)C1=O. The molecular weight excluding hydrogens is 276 g/mol. The number of nitrogens with two attached hydrogens (primary N) is 1. The van der Waals surface area contributed by atoms with E-state index in [1.54, 1.807) is 0 Å². The quantitative estimate of drug-likeness (QED) is 0.530. The lowest BCUT2D eigenvalue weighted by Crippen LogP contribution is -2.52. The Labute approximate surface area is 131 Å². The third kappa shape index (κ3) is 2.56. The highest BCUT2D eigenvalue weighted by Gasteiger charge is 2.47. The van der Waals surface area contributed by atoms with Crippen LogP contribution in [0.1, 0.15) is 50.5 Å². The molecule has 1 saturated carbocycles. The second kappa shape index (κ2) is 6.21. The van der Waals surface area contributed by atoms with E-state index in [0.717, 1.165) is 37.7 Å². The summed E-state index contributed by atoms with van der Waals surface area (Å²) in [6.45, 7) is 0.556. The van der Waals surface area contributed by atoms with Gasteiger partial charge < -0.3 is 0 Å². The van der Waals surface area contributed by atoms with E-state index >= 15 is 0 Å². The molecule has 1 saturated heterocycles.